The Kier molecular flexibility index (Phi) is 4.08. The van der Waals surface area contributed by atoms with Gasteiger partial charge in [0.2, 0.25) is 0 Å². The molecule has 122 valence electrons. The third kappa shape index (κ3) is 2.81. The van der Waals surface area contributed by atoms with Gasteiger partial charge in [0, 0.05) is 6.42 Å². The van der Waals surface area contributed by atoms with E-state index >= 15 is 0 Å². The fourth-order valence-corrected chi connectivity index (χ4v) is 2.46. The van der Waals surface area contributed by atoms with Crippen LogP contribution in [0.2, 0.25) is 0 Å². The van der Waals surface area contributed by atoms with Gasteiger partial charge in [-0.15, -0.1) is 0 Å². The summed E-state index contributed by atoms with van der Waals surface area (Å²) >= 11 is 0. The van der Waals surface area contributed by atoms with E-state index < -0.39 is 24.6 Å². The van der Waals surface area contributed by atoms with Crippen LogP contribution >= 0.6 is 0 Å². The molecule has 1 fully saturated rings. The Labute approximate surface area is 130 Å². The molecule has 23 heavy (non-hydrogen) atoms. The van der Waals surface area contributed by atoms with Crippen molar-refractivity contribution in [1.82, 2.24) is 19.5 Å². The average molecular weight is 321 g/mol. The van der Waals surface area contributed by atoms with Crippen molar-refractivity contribution in [2.45, 2.75) is 24.9 Å². The number of hydrogen-bond donors (Lipinski definition) is 2. The number of nitrogens with zero attached hydrogens (tertiary/aromatic N) is 4. The van der Waals surface area contributed by atoms with E-state index in [4.69, 9.17) is 15.2 Å². The standard InChI is InChI=1S/C13H15N5O5/c1-2-21-13(20)23-7-3-9(22-8(7)4-19)18-6-17-10-11(14)15-5-16-12(10)18/h2,5-9,19H,1,3-4H2,(H2,14,15,16). The zero-order valence-electron chi connectivity index (χ0n) is 12.0. The Morgan fingerprint density at radius 3 is 3.13 bits per heavy atom. The van der Waals surface area contributed by atoms with Crippen molar-refractivity contribution in [2.75, 3.05) is 12.3 Å². The number of ether oxygens (including phenoxy) is 3. The summed E-state index contributed by atoms with van der Waals surface area (Å²) in [4.78, 5) is 23.6. The van der Waals surface area contributed by atoms with Gasteiger partial charge in [0.25, 0.3) is 0 Å². The smallest absolute Gasteiger partial charge is 0.428 e. The first-order valence-electron chi connectivity index (χ1n) is 6.81. The van der Waals surface area contributed by atoms with Crippen molar-refractivity contribution in [3.63, 3.8) is 0 Å². The van der Waals surface area contributed by atoms with Gasteiger partial charge in [-0.2, -0.15) is 0 Å². The molecule has 3 rings (SSSR count). The van der Waals surface area contributed by atoms with Crippen molar-refractivity contribution in [3.8, 4) is 0 Å². The molecular weight excluding hydrogens is 306 g/mol. The van der Waals surface area contributed by atoms with E-state index in [1.54, 1.807) is 4.57 Å². The summed E-state index contributed by atoms with van der Waals surface area (Å²) in [5, 5.41) is 9.40. The zero-order valence-corrected chi connectivity index (χ0v) is 12.0. The molecule has 1 aliphatic rings. The number of fused-ring (bicyclic) bond motifs is 1. The fraction of sp³-hybridized carbons (Fsp3) is 0.385. The summed E-state index contributed by atoms with van der Waals surface area (Å²) in [5.41, 5.74) is 6.69. The van der Waals surface area contributed by atoms with E-state index in [-0.39, 0.29) is 12.4 Å². The molecule has 10 nitrogen and oxygen atoms in total. The molecule has 3 atom stereocenters. The summed E-state index contributed by atoms with van der Waals surface area (Å²) in [6, 6.07) is 0. The Hall–Kier alpha value is -2.72. The molecule has 0 bridgehead atoms. The maximum atomic E-state index is 11.4. The highest BCUT2D eigenvalue weighted by atomic mass is 16.7. The number of rotatable bonds is 4. The summed E-state index contributed by atoms with van der Waals surface area (Å²) < 4.78 is 17.0. The molecule has 1 saturated heterocycles. The summed E-state index contributed by atoms with van der Waals surface area (Å²) in [6.07, 6.45) is 1.31. The Bertz CT molecular complexity index is 733. The monoisotopic (exact) mass is 321 g/mol. The molecule has 0 spiro atoms. The van der Waals surface area contributed by atoms with Crippen LogP contribution in [0.1, 0.15) is 12.6 Å². The van der Waals surface area contributed by atoms with Crippen molar-refractivity contribution >= 4 is 23.1 Å². The third-order valence-electron chi connectivity index (χ3n) is 3.48. The fourth-order valence-electron chi connectivity index (χ4n) is 2.46. The van der Waals surface area contributed by atoms with E-state index in [0.717, 1.165) is 6.26 Å². The van der Waals surface area contributed by atoms with Crippen LogP contribution in [0.15, 0.2) is 25.5 Å². The SMILES string of the molecule is C=COC(=O)OC1CC(n2cnc3c(N)ncnc32)OC1CO. The first-order valence-corrected chi connectivity index (χ1v) is 6.81. The number of aromatic nitrogens is 4. The number of imidazole rings is 1. The van der Waals surface area contributed by atoms with E-state index in [1.165, 1.54) is 12.7 Å². The molecule has 3 N–H and O–H groups in total. The number of nitrogens with two attached hydrogens (primary N) is 1. The summed E-state index contributed by atoms with van der Waals surface area (Å²) in [5.74, 6) is 0.257. The van der Waals surface area contributed by atoms with Crippen LogP contribution in [0.4, 0.5) is 10.6 Å². The van der Waals surface area contributed by atoms with Gasteiger partial charge in [-0.05, 0) is 0 Å². The lowest BCUT2D eigenvalue weighted by Gasteiger charge is -2.15. The quantitative estimate of drug-likeness (QED) is 0.604. The Morgan fingerprint density at radius 1 is 1.57 bits per heavy atom. The van der Waals surface area contributed by atoms with Crippen LogP contribution < -0.4 is 5.73 Å². The second-order valence-electron chi connectivity index (χ2n) is 4.82. The predicted molar refractivity (Wildman–Crippen MR) is 76.9 cm³/mol. The minimum atomic E-state index is -0.908. The van der Waals surface area contributed by atoms with Crippen LogP contribution in [0, 0.1) is 0 Å². The second kappa shape index (κ2) is 6.18. The molecule has 2 aromatic rings. The molecule has 0 saturated carbocycles. The molecule has 3 unspecified atom stereocenters. The lowest BCUT2D eigenvalue weighted by Crippen LogP contribution is -2.29. The zero-order chi connectivity index (χ0) is 16.4. The molecule has 10 heteroatoms. The van der Waals surface area contributed by atoms with Gasteiger partial charge in [0.15, 0.2) is 11.5 Å². The highest BCUT2D eigenvalue weighted by Crippen LogP contribution is 2.33. The maximum absolute atomic E-state index is 11.4. The molecule has 0 aliphatic carbocycles. The minimum absolute atomic E-state index is 0.257. The number of nitrogen functional groups attached to an aromatic ring is 1. The van der Waals surface area contributed by atoms with Gasteiger partial charge in [-0.25, -0.2) is 19.7 Å². The molecular formula is C13H15N5O5. The third-order valence-corrected chi connectivity index (χ3v) is 3.48. The lowest BCUT2D eigenvalue weighted by atomic mass is 10.2. The predicted octanol–water partition coefficient (Wildman–Crippen LogP) is 0.354. The van der Waals surface area contributed by atoms with Crippen molar-refractivity contribution in [1.29, 1.82) is 0 Å². The summed E-state index contributed by atoms with van der Waals surface area (Å²) in [7, 11) is 0. The number of carbonyl (C=O) groups is 1. The van der Waals surface area contributed by atoms with Crippen molar-refractivity contribution < 1.29 is 24.1 Å². The van der Waals surface area contributed by atoms with Crippen LogP contribution in [-0.2, 0) is 14.2 Å². The van der Waals surface area contributed by atoms with Crippen LogP contribution in [0.3, 0.4) is 0 Å². The Balaban J connectivity index is 1.82. The molecule has 0 aromatic carbocycles. The Morgan fingerprint density at radius 2 is 2.39 bits per heavy atom. The van der Waals surface area contributed by atoms with Crippen molar-refractivity contribution in [3.05, 3.63) is 25.5 Å². The van der Waals surface area contributed by atoms with Gasteiger partial charge in [-0.3, -0.25) is 4.57 Å². The number of anilines is 1. The normalized spacial score (nSPS) is 23.8. The van der Waals surface area contributed by atoms with Crippen molar-refractivity contribution in [2.24, 2.45) is 0 Å². The van der Waals surface area contributed by atoms with E-state index in [9.17, 15) is 9.90 Å². The summed E-state index contributed by atoms with van der Waals surface area (Å²) in [6.45, 7) is 2.96. The largest absolute Gasteiger partial charge is 0.513 e. The van der Waals surface area contributed by atoms with Gasteiger partial charge in [-0.1, -0.05) is 6.58 Å². The second-order valence-corrected chi connectivity index (χ2v) is 4.82. The van der Waals surface area contributed by atoms with Crippen LogP contribution in [0.25, 0.3) is 11.2 Å². The first-order chi connectivity index (χ1) is 11.1. The van der Waals surface area contributed by atoms with E-state index in [1.807, 2.05) is 0 Å². The molecule has 0 radical (unpaired) electrons. The first kappa shape index (κ1) is 15.2. The number of carbonyl (C=O) groups excluding carboxylic acids is 1. The van der Waals surface area contributed by atoms with Crippen LogP contribution in [0.5, 0.6) is 0 Å². The number of aliphatic hydroxyl groups is 1. The minimum Gasteiger partial charge on any atom is -0.428 e. The van der Waals surface area contributed by atoms with Crippen LogP contribution in [-0.4, -0.2) is 49.6 Å². The van der Waals surface area contributed by atoms with Gasteiger partial charge < -0.3 is 25.1 Å². The lowest BCUT2D eigenvalue weighted by molar-refractivity contribution is -0.0520. The maximum Gasteiger partial charge on any atom is 0.513 e. The topological polar surface area (TPSA) is 135 Å². The molecule has 3 heterocycles. The highest BCUT2D eigenvalue weighted by molar-refractivity contribution is 5.81. The molecule has 1 aliphatic heterocycles. The molecule has 2 aromatic heterocycles. The molecule has 0 amide bonds. The highest BCUT2D eigenvalue weighted by Gasteiger charge is 2.39. The van der Waals surface area contributed by atoms with E-state index in [2.05, 4.69) is 26.3 Å². The van der Waals surface area contributed by atoms with Gasteiger partial charge in [0.1, 0.15) is 30.3 Å². The number of aliphatic hydroxyl groups excluding tert-OH is 1. The van der Waals surface area contributed by atoms with E-state index in [0.29, 0.717) is 17.6 Å². The number of hydrogen-bond acceptors (Lipinski definition) is 9. The average Bonchev–Trinajstić information content (AvgIpc) is 3.12. The van der Waals surface area contributed by atoms with Gasteiger partial charge in [0.05, 0.1) is 19.2 Å². The van der Waals surface area contributed by atoms with Gasteiger partial charge >= 0.3 is 6.16 Å².